The van der Waals surface area contributed by atoms with Crippen molar-refractivity contribution >= 4 is 0 Å². The molecule has 0 spiro atoms. The molecule has 1 fully saturated rings. The van der Waals surface area contributed by atoms with Crippen LogP contribution in [0.15, 0.2) is 0 Å². The average molecular weight is 204 g/mol. The van der Waals surface area contributed by atoms with Crippen molar-refractivity contribution in [3.63, 3.8) is 0 Å². The molecule has 4 nitrogen and oxygen atoms in total. The first-order valence-electron chi connectivity index (χ1n) is 5.04. The molecule has 4 heteroatoms. The zero-order chi connectivity index (χ0) is 10.8. The molecule has 3 atom stereocenters. The summed E-state index contributed by atoms with van der Waals surface area (Å²) in [6.45, 7) is 8.86. The molecule has 1 rings (SSSR count). The molecule has 0 saturated carbocycles. The van der Waals surface area contributed by atoms with Gasteiger partial charge in [-0.2, -0.15) is 0 Å². The minimum Gasteiger partial charge on any atom is -0.366 e. The van der Waals surface area contributed by atoms with Crippen molar-refractivity contribution in [2.75, 3.05) is 13.2 Å². The van der Waals surface area contributed by atoms with Gasteiger partial charge in [-0.05, 0) is 13.8 Å². The van der Waals surface area contributed by atoms with Crippen molar-refractivity contribution in [1.29, 1.82) is 0 Å². The standard InChI is InChI=1S/C10H20O4/c1-5-12-7(2)14-8-9(11)13-6-10(8,3)4/h7-9,11H,5-6H2,1-4H3/t7?,8-,9?/m0/s1. The van der Waals surface area contributed by atoms with Crippen LogP contribution in [0.4, 0.5) is 0 Å². The van der Waals surface area contributed by atoms with Crippen LogP contribution in [0.3, 0.4) is 0 Å². The molecule has 14 heavy (non-hydrogen) atoms. The zero-order valence-electron chi connectivity index (χ0n) is 9.32. The fourth-order valence-electron chi connectivity index (χ4n) is 1.59. The largest absolute Gasteiger partial charge is 0.366 e. The lowest BCUT2D eigenvalue weighted by molar-refractivity contribution is -0.215. The Morgan fingerprint density at radius 1 is 1.57 bits per heavy atom. The summed E-state index contributed by atoms with van der Waals surface area (Å²) in [7, 11) is 0. The fourth-order valence-corrected chi connectivity index (χ4v) is 1.59. The van der Waals surface area contributed by atoms with E-state index in [4.69, 9.17) is 14.2 Å². The summed E-state index contributed by atoms with van der Waals surface area (Å²) in [4.78, 5) is 0. The minimum atomic E-state index is -0.840. The van der Waals surface area contributed by atoms with Crippen LogP contribution in [0.2, 0.25) is 0 Å². The molecule has 0 aliphatic carbocycles. The Bertz CT molecular complexity index is 181. The summed E-state index contributed by atoms with van der Waals surface area (Å²) in [6.07, 6.45) is -1.46. The molecule has 1 heterocycles. The van der Waals surface area contributed by atoms with E-state index in [0.717, 1.165) is 0 Å². The topological polar surface area (TPSA) is 47.9 Å². The van der Waals surface area contributed by atoms with Crippen molar-refractivity contribution < 1.29 is 19.3 Å². The molecule has 2 unspecified atom stereocenters. The van der Waals surface area contributed by atoms with Gasteiger partial charge in [0.2, 0.25) is 0 Å². The molecule has 0 aromatic heterocycles. The fraction of sp³-hybridized carbons (Fsp3) is 1.00. The van der Waals surface area contributed by atoms with Crippen molar-refractivity contribution in [2.24, 2.45) is 5.41 Å². The van der Waals surface area contributed by atoms with Crippen LogP contribution >= 0.6 is 0 Å². The highest BCUT2D eigenvalue weighted by Crippen LogP contribution is 2.34. The van der Waals surface area contributed by atoms with Gasteiger partial charge >= 0.3 is 0 Å². The Kier molecular flexibility index (Phi) is 3.89. The molecule has 0 bridgehead atoms. The molecular weight excluding hydrogens is 184 g/mol. The number of rotatable bonds is 4. The van der Waals surface area contributed by atoms with E-state index in [1.54, 1.807) is 0 Å². The SMILES string of the molecule is CCOC(C)O[C@H]1C(O)OCC1(C)C. The van der Waals surface area contributed by atoms with E-state index in [-0.39, 0.29) is 17.8 Å². The predicted octanol–water partition coefficient (Wildman–Crippen LogP) is 1.13. The molecule has 1 N–H and O–H groups in total. The number of hydrogen-bond donors (Lipinski definition) is 1. The van der Waals surface area contributed by atoms with Gasteiger partial charge in [0.25, 0.3) is 0 Å². The van der Waals surface area contributed by atoms with Crippen LogP contribution in [0.1, 0.15) is 27.7 Å². The van der Waals surface area contributed by atoms with Crippen molar-refractivity contribution in [1.82, 2.24) is 0 Å². The highest BCUT2D eigenvalue weighted by molar-refractivity contribution is 4.86. The van der Waals surface area contributed by atoms with E-state index in [0.29, 0.717) is 13.2 Å². The first-order valence-corrected chi connectivity index (χ1v) is 5.04. The van der Waals surface area contributed by atoms with Crippen LogP contribution < -0.4 is 0 Å². The first kappa shape index (κ1) is 11.9. The van der Waals surface area contributed by atoms with Crippen molar-refractivity contribution in [2.45, 2.75) is 46.4 Å². The lowest BCUT2D eigenvalue weighted by atomic mass is 9.89. The third kappa shape index (κ3) is 2.67. The molecule has 1 aliphatic rings. The smallest absolute Gasteiger partial charge is 0.181 e. The van der Waals surface area contributed by atoms with E-state index >= 15 is 0 Å². The molecule has 0 aromatic rings. The highest BCUT2D eigenvalue weighted by atomic mass is 16.7. The normalized spacial score (nSPS) is 33.2. The molecule has 0 aromatic carbocycles. The monoisotopic (exact) mass is 204 g/mol. The van der Waals surface area contributed by atoms with Crippen molar-refractivity contribution in [3.05, 3.63) is 0 Å². The summed E-state index contributed by atoms with van der Waals surface area (Å²) in [5, 5.41) is 9.54. The van der Waals surface area contributed by atoms with Gasteiger partial charge in [0.15, 0.2) is 12.6 Å². The van der Waals surface area contributed by atoms with Gasteiger partial charge in [-0.25, -0.2) is 0 Å². The third-order valence-corrected chi connectivity index (χ3v) is 2.39. The number of aliphatic hydroxyl groups is 1. The Morgan fingerprint density at radius 2 is 2.21 bits per heavy atom. The Balaban J connectivity index is 2.49. The van der Waals surface area contributed by atoms with Crippen LogP contribution in [0, 0.1) is 5.41 Å². The Morgan fingerprint density at radius 3 is 2.64 bits per heavy atom. The summed E-state index contributed by atoms with van der Waals surface area (Å²) >= 11 is 0. The quantitative estimate of drug-likeness (QED) is 0.697. The van der Waals surface area contributed by atoms with Gasteiger partial charge in [0, 0.05) is 12.0 Å². The zero-order valence-corrected chi connectivity index (χ0v) is 9.32. The second kappa shape index (κ2) is 4.57. The molecule has 0 radical (unpaired) electrons. The molecular formula is C10H20O4. The maximum absolute atomic E-state index is 9.54. The van der Waals surface area contributed by atoms with Gasteiger partial charge in [-0.1, -0.05) is 13.8 Å². The summed E-state index contributed by atoms with van der Waals surface area (Å²) in [5.41, 5.74) is -0.162. The van der Waals surface area contributed by atoms with E-state index in [1.807, 2.05) is 27.7 Å². The van der Waals surface area contributed by atoms with Crippen LogP contribution in [-0.4, -0.2) is 37.0 Å². The molecule has 1 aliphatic heterocycles. The van der Waals surface area contributed by atoms with Crippen LogP contribution in [0.5, 0.6) is 0 Å². The first-order chi connectivity index (χ1) is 6.47. The Hall–Kier alpha value is -0.160. The second-order valence-corrected chi connectivity index (χ2v) is 4.27. The lowest BCUT2D eigenvalue weighted by Gasteiger charge is -2.28. The average Bonchev–Trinajstić information content (AvgIpc) is 2.32. The molecule has 0 amide bonds. The number of hydrogen-bond acceptors (Lipinski definition) is 4. The van der Waals surface area contributed by atoms with Gasteiger partial charge in [-0.3, -0.25) is 0 Å². The van der Waals surface area contributed by atoms with E-state index in [1.165, 1.54) is 0 Å². The third-order valence-electron chi connectivity index (χ3n) is 2.39. The Labute approximate surface area is 85.2 Å². The minimum absolute atomic E-state index is 0.162. The molecule has 1 saturated heterocycles. The van der Waals surface area contributed by atoms with Gasteiger partial charge < -0.3 is 19.3 Å². The van der Waals surface area contributed by atoms with E-state index < -0.39 is 6.29 Å². The second-order valence-electron chi connectivity index (χ2n) is 4.27. The summed E-state index contributed by atoms with van der Waals surface area (Å²) in [6, 6.07) is 0. The lowest BCUT2D eigenvalue weighted by Crippen LogP contribution is -2.38. The maximum Gasteiger partial charge on any atom is 0.181 e. The van der Waals surface area contributed by atoms with Gasteiger partial charge in [-0.15, -0.1) is 0 Å². The molecule has 84 valence electrons. The predicted molar refractivity (Wildman–Crippen MR) is 51.7 cm³/mol. The van der Waals surface area contributed by atoms with Crippen LogP contribution in [0.25, 0.3) is 0 Å². The van der Waals surface area contributed by atoms with Crippen molar-refractivity contribution in [3.8, 4) is 0 Å². The summed E-state index contributed by atoms with van der Waals surface area (Å²) in [5.74, 6) is 0. The van der Waals surface area contributed by atoms with Crippen LogP contribution in [-0.2, 0) is 14.2 Å². The number of aliphatic hydroxyl groups excluding tert-OH is 1. The van der Waals surface area contributed by atoms with Gasteiger partial charge in [0.1, 0.15) is 6.10 Å². The van der Waals surface area contributed by atoms with E-state index in [9.17, 15) is 5.11 Å². The van der Waals surface area contributed by atoms with E-state index in [2.05, 4.69) is 0 Å². The maximum atomic E-state index is 9.54. The summed E-state index contributed by atoms with van der Waals surface area (Å²) < 4.78 is 16.0. The highest BCUT2D eigenvalue weighted by Gasteiger charge is 2.44. The van der Waals surface area contributed by atoms with Gasteiger partial charge in [0.05, 0.1) is 6.61 Å². The number of ether oxygens (including phenoxy) is 3.